The fourth-order valence-corrected chi connectivity index (χ4v) is 3.09. The van der Waals surface area contributed by atoms with Gasteiger partial charge >= 0.3 is 0 Å². The quantitative estimate of drug-likeness (QED) is 0.400. The molecule has 29 heavy (non-hydrogen) atoms. The summed E-state index contributed by atoms with van der Waals surface area (Å²) in [6.45, 7) is 6.23. The topological polar surface area (TPSA) is 83.3 Å². The summed E-state index contributed by atoms with van der Waals surface area (Å²) in [5, 5.41) is 13.7. The second-order valence-corrected chi connectivity index (χ2v) is 7.18. The molecule has 7 nitrogen and oxygen atoms in total. The van der Waals surface area contributed by atoms with Gasteiger partial charge in [-0.15, -0.1) is 0 Å². The van der Waals surface area contributed by atoms with Crippen LogP contribution in [0.5, 0.6) is 0 Å². The molecule has 1 atom stereocenters. The van der Waals surface area contributed by atoms with E-state index in [-0.39, 0.29) is 12.5 Å². The van der Waals surface area contributed by atoms with E-state index >= 15 is 0 Å². The Morgan fingerprint density at radius 2 is 2.10 bits per heavy atom. The first kappa shape index (κ1) is 22.5. The molecule has 1 aromatic heterocycles. The van der Waals surface area contributed by atoms with Crippen LogP contribution in [0.1, 0.15) is 45.1 Å². The van der Waals surface area contributed by atoms with E-state index in [1.807, 2.05) is 24.3 Å². The van der Waals surface area contributed by atoms with E-state index < -0.39 is 0 Å². The van der Waals surface area contributed by atoms with E-state index in [0.29, 0.717) is 12.5 Å². The molecular weight excluding hydrogens is 364 g/mol. The average Bonchev–Trinajstić information content (AvgIpc) is 3.23. The zero-order chi connectivity index (χ0) is 20.9. The van der Waals surface area contributed by atoms with Crippen molar-refractivity contribution in [2.24, 2.45) is 10.9 Å². The molecule has 0 aliphatic carbocycles. The summed E-state index contributed by atoms with van der Waals surface area (Å²) in [7, 11) is 1.79. The smallest absolute Gasteiger partial charge is 0.246 e. The number of carbonyl (C=O) groups excluding carboxylic acids is 1. The maximum absolute atomic E-state index is 12.1. The number of unbranched alkanes of at least 4 members (excludes halogenated alkanes) is 1. The Labute approximate surface area is 174 Å². The minimum Gasteiger partial charge on any atom is -0.356 e. The third-order valence-electron chi connectivity index (χ3n) is 4.86. The summed E-state index contributed by atoms with van der Waals surface area (Å²) >= 11 is 0. The number of nitrogens with zero attached hydrogens (tertiary/aromatic N) is 3. The van der Waals surface area contributed by atoms with Crippen LogP contribution >= 0.6 is 0 Å². The van der Waals surface area contributed by atoms with Crippen LogP contribution < -0.4 is 16.0 Å². The molecule has 0 spiro atoms. The number of carbonyl (C=O) groups is 1. The van der Waals surface area contributed by atoms with Gasteiger partial charge in [-0.1, -0.05) is 45.2 Å². The molecule has 2 aromatic rings. The summed E-state index contributed by atoms with van der Waals surface area (Å²) in [6, 6.07) is 9.62. The Bertz CT molecular complexity index is 756. The Hall–Kier alpha value is -2.83. The van der Waals surface area contributed by atoms with Gasteiger partial charge < -0.3 is 16.0 Å². The van der Waals surface area contributed by atoms with Crippen LogP contribution in [0.15, 0.2) is 47.7 Å². The molecule has 7 heteroatoms. The lowest BCUT2D eigenvalue weighted by Gasteiger charge is -2.18. The van der Waals surface area contributed by atoms with Gasteiger partial charge in [0.1, 0.15) is 6.54 Å². The van der Waals surface area contributed by atoms with Gasteiger partial charge in [0.15, 0.2) is 5.96 Å². The van der Waals surface area contributed by atoms with Crippen molar-refractivity contribution in [2.75, 3.05) is 18.9 Å². The molecule has 0 saturated heterocycles. The van der Waals surface area contributed by atoms with E-state index in [1.54, 1.807) is 30.2 Å². The third-order valence-corrected chi connectivity index (χ3v) is 4.86. The van der Waals surface area contributed by atoms with Gasteiger partial charge in [-0.25, -0.2) is 0 Å². The first-order valence-electron chi connectivity index (χ1n) is 10.4. The van der Waals surface area contributed by atoms with Crippen LogP contribution in [0.3, 0.4) is 0 Å². The average molecular weight is 399 g/mol. The number of amides is 1. The van der Waals surface area contributed by atoms with Crippen LogP contribution in [0.25, 0.3) is 0 Å². The Balaban J connectivity index is 1.81. The lowest BCUT2D eigenvalue weighted by Crippen LogP contribution is -2.39. The highest BCUT2D eigenvalue weighted by Crippen LogP contribution is 2.12. The zero-order valence-electron chi connectivity index (χ0n) is 17.8. The van der Waals surface area contributed by atoms with Gasteiger partial charge in [0.25, 0.3) is 0 Å². The Morgan fingerprint density at radius 3 is 2.79 bits per heavy atom. The van der Waals surface area contributed by atoms with Crippen molar-refractivity contribution in [3.8, 4) is 0 Å². The molecule has 0 aliphatic heterocycles. The van der Waals surface area contributed by atoms with Gasteiger partial charge in [-0.2, -0.15) is 5.10 Å². The number of aromatic nitrogens is 2. The van der Waals surface area contributed by atoms with Gasteiger partial charge in [-0.3, -0.25) is 14.5 Å². The molecule has 1 amide bonds. The van der Waals surface area contributed by atoms with Crippen LogP contribution in [0.2, 0.25) is 0 Å². The van der Waals surface area contributed by atoms with Crippen molar-refractivity contribution in [3.05, 3.63) is 48.3 Å². The van der Waals surface area contributed by atoms with Crippen molar-refractivity contribution in [3.63, 3.8) is 0 Å². The van der Waals surface area contributed by atoms with Gasteiger partial charge in [0.2, 0.25) is 5.91 Å². The largest absolute Gasteiger partial charge is 0.356 e. The molecule has 0 bridgehead atoms. The molecule has 2 rings (SSSR count). The molecule has 1 heterocycles. The first-order valence-corrected chi connectivity index (χ1v) is 10.4. The molecule has 0 aliphatic rings. The monoisotopic (exact) mass is 398 g/mol. The van der Waals surface area contributed by atoms with Crippen LogP contribution in [-0.4, -0.2) is 35.2 Å². The van der Waals surface area contributed by atoms with Crippen molar-refractivity contribution in [1.29, 1.82) is 0 Å². The van der Waals surface area contributed by atoms with E-state index in [2.05, 4.69) is 39.9 Å². The number of rotatable bonds is 11. The van der Waals surface area contributed by atoms with Gasteiger partial charge in [0, 0.05) is 38.2 Å². The lowest BCUT2D eigenvalue weighted by molar-refractivity contribution is -0.116. The number of aliphatic imine (C=N–C) groups is 1. The highest BCUT2D eigenvalue weighted by Gasteiger charge is 2.08. The SMILES string of the molecule is CCCCC(CC)CNC(=NC)NCc1cccc(NC(=O)Cn2cccn2)c1. The number of hydrogen-bond acceptors (Lipinski definition) is 3. The summed E-state index contributed by atoms with van der Waals surface area (Å²) in [4.78, 5) is 16.5. The van der Waals surface area contributed by atoms with Crippen molar-refractivity contribution >= 4 is 17.6 Å². The highest BCUT2D eigenvalue weighted by molar-refractivity contribution is 5.90. The molecule has 1 aromatic carbocycles. The zero-order valence-corrected chi connectivity index (χ0v) is 17.8. The minimum atomic E-state index is -0.103. The Morgan fingerprint density at radius 1 is 1.24 bits per heavy atom. The molecule has 0 fully saturated rings. The number of anilines is 1. The number of benzene rings is 1. The molecule has 0 saturated carbocycles. The third kappa shape index (κ3) is 8.37. The Kier molecular flexibility index (Phi) is 9.75. The summed E-state index contributed by atoms with van der Waals surface area (Å²) in [5.41, 5.74) is 1.85. The minimum absolute atomic E-state index is 0.103. The van der Waals surface area contributed by atoms with Crippen molar-refractivity contribution < 1.29 is 4.79 Å². The van der Waals surface area contributed by atoms with Gasteiger partial charge in [0.05, 0.1) is 0 Å². The summed E-state index contributed by atoms with van der Waals surface area (Å²) < 4.78 is 1.60. The molecule has 0 radical (unpaired) electrons. The molecule has 1 unspecified atom stereocenters. The first-order chi connectivity index (χ1) is 14.1. The normalized spacial score (nSPS) is 12.4. The second-order valence-electron chi connectivity index (χ2n) is 7.18. The lowest BCUT2D eigenvalue weighted by atomic mass is 9.99. The maximum Gasteiger partial charge on any atom is 0.246 e. The highest BCUT2D eigenvalue weighted by atomic mass is 16.2. The number of guanidine groups is 1. The van der Waals surface area contributed by atoms with Crippen LogP contribution in [0.4, 0.5) is 5.69 Å². The van der Waals surface area contributed by atoms with Crippen molar-refractivity contribution in [2.45, 2.75) is 52.6 Å². The van der Waals surface area contributed by atoms with E-state index in [4.69, 9.17) is 0 Å². The fourth-order valence-electron chi connectivity index (χ4n) is 3.09. The summed E-state index contributed by atoms with van der Waals surface area (Å²) in [5.74, 6) is 1.36. The fraction of sp³-hybridized carbons (Fsp3) is 0.500. The van der Waals surface area contributed by atoms with E-state index in [0.717, 1.165) is 23.8 Å². The van der Waals surface area contributed by atoms with Crippen molar-refractivity contribution in [1.82, 2.24) is 20.4 Å². The number of nitrogens with one attached hydrogen (secondary N) is 3. The second kappa shape index (κ2) is 12.6. The van der Waals surface area contributed by atoms with Crippen LogP contribution in [-0.2, 0) is 17.9 Å². The predicted molar refractivity (Wildman–Crippen MR) is 119 cm³/mol. The molecular formula is C22H34N6O. The predicted octanol–water partition coefficient (Wildman–Crippen LogP) is 3.40. The van der Waals surface area contributed by atoms with Crippen LogP contribution in [0, 0.1) is 5.92 Å². The van der Waals surface area contributed by atoms with E-state index in [9.17, 15) is 4.79 Å². The standard InChI is InChI=1S/C22H34N6O/c1-4-6-9-18(5-2)15-24-22(23-3)25-16-19-10-7-11-20(14-19)27-21(29)17-28-13-8-12-26-28/h7-8,10-14,18H,4-6,9,15-17H2,1-3H3,(H,27,29)(H2,23,24,25). The summed E-state index contributed by atoms with van der Waals surface area (Å²) in [6.07, 6.45) is 8.35. The molecule has 158 valence electrons. The van der Waals surface area contributed by atoms with E-state index in [1.165, 1.54) is 25.7 Å². The maximum atomic E-state index is 12.1. The molecule has 3 N–H and O–H groups in total. The van der Waals surface area contributed by atoms with Gasteiger partial charge in [-0.05, 0) is 36.1 Å². The number of hydrogen-bond donors (Lipinski definition) is 3.